The average molecular weight is 330 g/mol. The summed E-state index contributed by atoms with van der Waals surface area (Å²) in [5.41, 5.74) is 0.0826. The van der Waals surface area contributed by atoms with Crippen molar-refractivity contribution in [3.05, 3.63) is 57.8 Å². The van der Waals surface area contributed by atoms with Crippen LogP contribution in [0.1, 0.15) is 16.1 Å². The Hall–Kier alpha value is -3.04. The molecule has 122 valence electrons. The number of alkyl halides is 3. The summed E-state index contributed by atoms with van der Waals surface area (Å²) in [7, 11) is 0. The van der Waals surface area contributed by atoms with E-state index in [0.717, 1.165) is 18.2 Å². The third kappa shape index (κ3) is 4.46. The van der Waals surface area contributed by atoms with Gasteiger partial charge in [0.15, 0.2) is 5.76 Å². The predicted octanol–water partition coefficient (Wildman–Crippen LogP) is 3.02. The van der Waals surface area contributed by atoms with E-state index in [2.05, 4.69) is 14.5 Å². The van der Waals surface area contributed by atoms with Gasteiger partial charge < -0.3 is 14.5 Å². The van der Waals surface area contributed by atoms with Crippen LogP contribution in [0.3, 0.4) is 0 Å². The van der Waals surface area contributed by atoms with Crippen LogP contribution in [0.2, 0.25) is 0 Å². The highest BCUT2D eigenvalue weighted by atomic mass is 19.4. The number of para-hydroxylation sites is 1. The summed E-state index contributed by atoms with van der Waals surface area (Å²) in [6.45, 7) is -0.278. The molecular formula is C13H9F3N2O5. The lowest BCUT2D eigenvalue weighted by Crippen LogP contribution is -2.24. The highest BCUT2D eigenvalue weighted by Crippen LogP contribution is 2.26. The van der Waals surface area contributed by atoms with Crippen LogP contribution < -0.4 is 10.1 Å². The molecule has 23 heavy (non-hydrogen) atoms. The third-order valence-electron chi connectivity index (χ3n) is 2.63. The Morgan fingerprint density at radius 1 is 1.26 bits per heavy atom. The Morgan fingerprint density at radius 3 is 2.57 bits per heavy atom. The van der Waals surface area contributed by atoms with Gasteiger partial charge in [-0.1, -0.05) is 18.2 Å². The summed E-state index contributed by atoms with van der Waals surface area (Å²) in [6.07, 6.45) is -4.86. The molecule has 7 nitrogen and oxygen atoms in total. The number of halogens is 3. The topological polar surface area (TPSA) is 94.6 Å². The van der Waals surface area contributed by atoms with E-state index in [9.17, 15) is 28.1 Å². The van der Waals surface area contributed by atoms with E-state index in [1.165, 1.54) is 18.2 Å². The second kappa shape index (κ2) is 6.38. The maximum absolute atomic E-state index is 12.3. The molecule has 0 unspecified atom stereocenters. The largest absolute Gasteiger partial charge is 0.573 e. The van der Waals surface area contributed by atoms with Crippen LogP contribution >= 0.6 is 0 Å². The van der Waals surface area contributed by atoms with Crippen LogP contribution in [0.5, 0.6) is 5.75 Å². The van der Waals surface area contributed by atoms with E-state index in [1.54, 1.807) is 0 Å². The number of ether oxygens (including phenoxy) is 1. The van der Waals surface area contributed by atoms with E-state index in [1.807, 2.05) is 0 Å². The molecule has 1 aromatic carbocycles. The van der Waals surface area contributed by atoms with E-state index in [0.29, 0.717) is 0 Å². The Balaban J connectivity index is 2.05. The summed E-state index contributed by atoms with van der Waals surface area (Å²) in [5.74, 6) is -2.20. The van der Waals surface area contributed by atoms with Gasteiger partial charge in [-0.05, 0) is 12.1 Å². The van der Waals surface area contributed by atoms with Gasteiger partial charge in [-0.3, -0.25) is 14.9 Å². The molecule has 0 atom stereocenters. The van der Waals surface area contributed by atoms with Crippen molar-refractivity contribution in [3.8, 4) is 5.75 Å². The number of hydrogen-bond donors (Lipinski definition) is 1. The molecule has 0 saturated carbocycles. The van der Waals surface area contributed by atoms with Crippen molar-refractivity contribution in [3.63, 3.8) is 0 Å². The summed E-state index contributed by atoms with van der Waals surface area (Å²) < 4.78 is 45.4. The van der Waals surface area contributed by atoms with Crippen molar-refractivity contribution < 1.29 is 32.0 Å². The predicted molar refractivity (Wildman–Crippen MR) is 69.7 cm³/mol. The second-order valence-corrected chi connectivity index (χ2v) is 4.23. The van der Waals surface area contributed by atoms with E-state index >= 15 is 0 Å². The molecule has 0 radical (unpaired) electrons. The molecule has 0 aliphatic carbocycles. The fourth-order valence-corrected chi connectivity index (χ4v) is 1.68. The van der Waals surface area contributed by atoms with Crippen LogP contribution in [0.15, 0.2) is 40.8 Å². The van der Waals surface area contributed by atoms with Crippen molar-refractivity contribution in [1.29, 1.82) is 0 Å². The minimum absolute atomic E-state index is 0.0826. The highest BCUT2D eigenvalue weighted by Gasteiger charge is 2.32. The van der Waals surface area contributed by atoms with Gasteiger partial charge in [0.1, 0.15) is 10.7 Å². The van der Waals surface area contributed by atoms with Crippen LogP contribution in [-0.4, -0.2) is 17.2 Å². The lowest BCUT2D eigenvalue weighted by Gasteiger charge is -2.13. The molecule has 2 aromatic rings. The molecule has 1 heterocycles. The SMILES string of the molecule is O=C(NCc1ccccc1OC(F)(F)F)c1ccc([N+](=O)[O-])o1. The Labute approximate surface area is 126 Å². The standard InChI is InChI=1S/C13H9F3N2O5/c14-13(15,16)23-9-4-2-1-3-8(9)7-17-12(19)10-5-6-11(22-10)18(20)21/h1-6H,7H2,(H,17,19). The van der Waals surface area contributed by atoms with Crippen LogP contribution in [0.4, 0.5) is 19.1 Å². The van der Waals surface area contributed by atoms with Gasteiger partial charge in [-0.15, -0.1) is 13.2 Å². The Morgan fingerprint density at radius 2 is 1.96 bits per heavy atom. The van der Waals surface area contributed by atoms with Gasteiger partial charge in [0.2, 0.25) is 0 Å². The Kier molecular flexibility index (Phi) is 4.53. The summed E-state index contributed by atoms with van der Waals surface area (Å²) >= 11 is 0. The molecular weight excluding hydrogens is 321 g/mol. The number of amides is 1. The van der Waals surface area contributed by atoms with Gasteiger partial charge in [-0.25, -0.2) is 0 Å². The number of furan rings is 1. The van der Waals surface area contributed by atoms with E-state index in [4.69, 9.17) is 0 Å². The van der Waals surface area contributed by atoms with Gasteiger partial charge >= 0.3 is 12.2 Å². The van der Waals surface area contributed by atoms with Gasteiger partial charge in [0.05, 0.1) is 6.07 Å². The first kappa shape index (κ1) is 16.3. The summed E-state index contributed by atoms with van der Waals surface area (Å²) in [4.78, 5) is 21.4. The zero-order valence-corrected chi connectivity index (χ0v) is 11.3. The average Bonchev–Trinajstić information content (AvgIpc) is 2.94. The van der Waals surface area contributed by atoms with Crippen LogP contribution in [0.25, 0.3) is 0 Å². The number of nitrogens with one attached hydrogen (secondary N) is 1. The summed E-state index contributed by atoms with van der Waals surface area (Å²) in [5, 5.41) is 12.7. The zero-order chi connectivity index (χ0) is 17.0. The number of carbonyl (C=O) groups is 1. The third-order valence-corrected chi connectivity index (χ3v) is 2.63. The van der Waals surface area contributed by atoms with Crippen molar-refractivity contribution in [2.75, 3.05) is 0 Å². The maximum Gasteiger partial charge on any atom is 0.573 e. The molecule has 1 amide bonds. The van der Waals surface area contributed by atoms with E-state index < -0.39 is 28.8 Å². The van der Waals surface area contributed by atoms with Gasteiger partial charge in [0.25, 0.3) is 5.91 Å². The maximum atomic E-state index is 12.3. The molecule has 10 heteroatoms. The molecule has 0 fully saturated rings. The second-order valence-electron chi connectivity index (χ2n) is 4.23. The highest BCUT2D eigenvalue weighted by molar-refractivity contribution is 5.91. The molecule has 2 rings (SSSR count). The first-order valence-corrected chi connectivity index (χ1v) is 6.12. The number of nitro groups is 1. The fourth-order valence-electron chi connectivity index (χ4n) is 1.68. The molecule has 0 aliphatic rings. The number of benzene rings is 1. The lowest BCUT2D eigenvalue weighted by molar-refractivity contribution is -0.402. The Bertz CT molecular complexity index is 726. The minimum Gasteiger partial charge on any atom is -0.405 e. The summed E-state index contributed by atoms with van der Waals surface area (Å²) in [6, 6.07) is 7.35. The van der Waals surface area contributed by atoms with E-state index in [-0.39, 0.29) is 17.9 Å². The number of hydrogen-bond acceptors (Lipinski definition) is 5. The molecule has 1 aromatic heterocycles. The first-order valence-electron chi connectivity index (χ1n) is 6.12. The first-order chi connectivity index (χ1) is 10.8. The van der Waals surface area contributed by atoms with Gasteiger partial charge in [0, 0.05) is 12.1 Å². The normalized spacial score (nSPS) is 11.1. The smallest absolute Gasteiger partial charge is 0.405 e. The molecule has 1 N–H and O–H groups in total. The molecule has 0 aliphatic heterocycles. The zero-order valence-electron chi connectivity index (χ0n) is 11.3. The molecule has 0 bridgehead atoms. The number of carbonyl (C=O) groups excluding carboxylic acids is 1. The van der Waals surface area contributed by atoms with Crippen molar-refractivity contribution in [1.82, 2.24) is 5.32 Å². The van der Waals surface area contributed by atoms with Gasteiger partial charge in [-0.2, -0.15) is 0 Å². The number of nitrogens with zero attached hydrogens (tertiary/aromatic N) is 1. The van der Waals surface area contributed by atoms with Crippen molar-refractivity contribution in [2.24, 2.45) is 0 Å². The quantitative estimate of drug-likeness (QED) is 0.672. The lowest BCUT2D eigenvalue weighted by atomic mass is 10.2. The van der Waals surface area contributed by atoms with Crippen molar-refractivity contribution in [2.45, 2.75) is 12.9 Å². The fraction of sp³-hybridized carbons (Fsp3) is 0.154. The molecule has 0 saturated heterocycles. The van der Waals surface area contributed by atoms with Crippen LogP contribution in [-0.2, 0) is 6.54 Å². The monoisotopic (exact) mass is 330 g/mol. The minimum atomic E-state index is -4.86. The van der Waals surface area contributed by atoms with Crippen LogP contribution in [0, 0.1) is 10.1 Å². The van der Waals surface area contributed by atoms with Crippen molar-refractivity contribution >= 4 is 11.8 Å². The molecule has 0 spiro atoms. The number of rotatable bonds is 5.